The van der Waals surface area contributed by atoms with Gasteiger partial charge in [-0.05, 0) is 37.3 Å². The van der Waals surface area contributed by atoms with E-state index in [4.69, 9.17) is 0 Å². The number of β-amino-alcohol motifs (C(OH)–C–C–N with tert-alkyl or cyclic N) is 1. The van der Waals surface area contributed by atoms with Gasteiger partial charge in [0.25, 0.3) is 0 Å². The van der Waals surface area contributed by atoms with Crippen LogP contribution < -0.4 is 5.32 Å². The molecule has 0 saturated carbocycles. The van der Waals surface area contributed by atoms with Crippen LogP contribution in [0.25, 0.3) is 0 Å². The molecule has 1 atom stereocenters. The van der Waals surface area contributed by atoms with Gasteiger partial charge in [-0.3, -0.25) is 0 Å². The van der Waals surface area contributed by atoms with Crippen molar-refractivity contribution in [3.8, 4) is 0 Å². The van der Waals surface area contributed by atoms with Crippen LogP contribution in [0.4, 0.5) is 0 Å². The summed E-state index contributed by atoms with van der Waals surface area (Å²) in [5.41, 5.74) is 2.46. The fourth-order valence-electron chi connectivity index (χ4n) is 1.73. The molecule has 102 valence electrons. The highest BCUT2D eigenvalue weighted by atomic mass is 16.3. The van der Waals surface area contributed by atoms with Crippen LogP contribution in [0.5, 0.6) is 0 Å². The molecule has 0 radical (unpaired) electrons. The molecule has 0 aliphatic carbocycles. The van der Waals surface area contributed by atoms with E-state index in [1.54, 1.807) is 0 Å². The predicted molar refractivity (Wildman–Crippen MR) is 77.9 cm³/mol. The average Bonchev–Trinajstić information content (AvgIpc) is 2.24. The highest BCUT2D eigenvalue weighted by Crippen LogP contribution is 2.23. The van der Waals surface area contributed by atoms with Gasteiger partial charge in [0.2, 0.25) is 0 Å². The molecule has 0 aliphatic rings. The van der Waals surface area contributed by atoms with Crippen LogP contribution in [0.15, 0.2) is 24.3 Å². The standard InChI is InChI=1S/C16H27NO/c1-15(2,3)13-9-7-12(8-10-13)14(18)11-17-16(4,5)6/h7-10,14,17-18H,11H2,1-6H3. The summed E-state index contributed by atoms with van der Waals surface area (Å²) in [6.45, 7) is 13.5. The topological polar surface area (TPSA) is 32.3 Å². The van der Waals surface area contributed by atoms with Crippen molar-refractivity contribution in [3.63, 3.8) is 0 Å². The molecule has 0 aliphatic heterocycles. The van der Waals surface area contributed by atoms with Crippen molar-refractivity contribution < 1.29 is 5.11 Å². The first-order chi connectivity index (χ1) is 8.09. The third kappa shape index (κ3) is 4.79. The summed E-state index contributed by atoms with van der Waals surface area (Å²) in [7, 11) is 0. The van der Waals surface area contributed by atoms with Crippen molar-refractivity contribution >= 4 is 0 Å². The molecule has 2 nitrogen and oxygen atoms in total. The third-order valence-corrected chi connectivity index (χ3v) is 2.99. The number of rotatable bonds is 3. The smallest absolute Gasteiger partial charge is 0.0914 e. The first kappa shape index (κ1) is 15.2. The van der Waals surface area contributed by atoms with Gasteiger partial charge in [0.1, 0.15) is 0 Å². The first-order valence-corrected chi connectivity index (χ1v) is 6.63. The second-order valence-electron chi connectivity index (χ2n) is 7.02. The summed E-state index contributed by atoms with van der Waals surface area (Å²) in [4.78, 5) is 0. The van der Waals surface area contributed by atoms with Crippen LogP contribution in [0.3, 0.4) is 0 Å². The number of hydrogen-bond donors (Lipinski definition) is 2. The van der Waals surface area contributed by atoms with Gasteiger partial charge in [0.05, 0.1) is 6.10 Å². The highest BCUT2D eigenvalue weighted by Gasteiger charge is 2.16. The summed E-state index contributed by atoms with van der Waals surface area (Å²) >= 11 is 0. The van der Waals surface area contributed by atoms with E-state index in [0.717, 1.165) is 5.56 Å². The van der Waals surface area contributed by atoms with Crippen molar-refractivity contribution in [1.82, 2.24) is 5.32 Å². The number of aliphatic hydroxyl groups excluding tert-OH is 1. The Morgan fingerprint density at radius 3 is 1.89 bits per heavy atom. The molecule has 0 saturated heterocycles. The Hall–Kier alpha value is -0.860. The largest absolute Gasteiger partial charge is 0.387 e. The zero-order chi connectivity index (χ0) is 14.0. The number of benzene rings is 1. The van der Waals surface area contributed by atoms with Gasteiger partial charge in [0, 0.05) is 12.1 Å². The molecular formula is C16H27NO. The van der Waals surface area contributed by atoms with Crippen molar-refractivity contribution in [3.05, 3.63) is 35.4 Å². The highest BCUT2D eigenvalue weighted by molar-refractivity contribution is 5.28. The maximum Gasteiger partial charge on any atom is 0.0914 e. The van der Waals surface area contributed by atoms with Crippen molar-refractivity contribution in [2.24, 2.45) is 0 Å². The van der Waals surface area contributed by atoms with E-state index in [-0.39, 0.29) is 11.0 Å². The molecule has 18 heavy (non-hydrogen) atoms. The lowest BCUT2D eigenvalue weighted by Gasteiger charge is -2.24. The van der Waals surface area contributed by atoms with E-state index in [2.05, 4.69) is 59.0 Å². The van der Waals surface area contributed by atoms with E-state index >= 15 is 0 Å². The van der Waals surface area contributed by atoms with Crippen LogP contribution in [-0.4, -0.2) is 17.2 Å². The van der Waals surface area contributed by atoms with E-state index in [1.807, 2.05) is 12.1 Å². The lowest BCUT2D eigenvalue weighted by atomic mass is 9.86. The molecule has 0 fully saturated rings. The van der Waals surface area contributed by atoms with Gasteiger partial charge in [-0.15, -0.1) is 0 Å². The summed E-state index contributed by atoms with van der Waals surface area (Å²) in [6.07, 6.45) is -0.446. The van der Waals surface area contributed by atoms with Crippen LogP contribution in [0, 0.1) is 0 Å². The van der Waals surface area contributed by atoms with E-state index in [0.29, 0.717) is 6.54 Å². The molecule has 0 aromatic heterocycles. The summed E-state index contributed by atoms with van der Waals surface area (Å²) in [5.74, 6) is 0. The maximum absolute atomic E-state index is 10.1. The Morgan fingerprint density at radius 2 is 1.50 bits per heavy atom. The molecule has 2 N–H and O–H groups in total. The summed E-state index contributed by atoms with van der Waals surface area (Å²) in [5, 5.41) is 13.4. The van der Waals surface area contributed by atoms with Crippen LogP contribution in [0.2, 0.25) is 0 Å². The fraction of sp³-hybridized carbons (Fsp3) is 0.625. The number of hydrogen-bond acceptors (Lipinski definition) is 2. The summed E-state index contributed by atoms with van der Waals surface area (Å²) < 4.78 is 0. The Kier molecular flexibility index (Phi) is 4.57. The normalized spacial score (nSPS) is 14.6. The third-order valence-electron chi connectivity index (χ3n) is 2.99. The molecule has 0 heterocycles. The Balaban J connectivity index is 2.68. The van der Waals surface area contributed by atoms with Crippen LogP contribution in [0.1, 0.15) is 58.8 Å². The van der Waals surface area contributed by atoms with Crippen molar-refractivity contribution in [2.75, 3.05) is 6.54 Å². The molecule has 0 amide bonds. The maximum atomic E-state index is 10.1. The summed E-state index contributed by atoms with van der Waals surface area (Å²) in [6, 6.07) is 8.26. The monoisotopic (exact) mass is 249 g/mol. The lowest BCUT2D eigenvalue weighted by molar-refractivity contribution is 0.163. The SMILES string of the molecule is CC(C)(C)NCC(O)c1ccc(C(C)(C)C)cc1. The van der Waals surface area contributed by atoms with Gasteiger partial charge in [0.15, 0.2) is 0 Å². The molecule has 1 aromatic rings. The quantitative estimate of drug-likeness (QED) is 0.860. The Bertz CT molecular complexity index is 368. The predicted octanol–water partition coefficient (Wildman–Crippen LogP) is 3.41. The van der Waals surface area contributed by atoms with Crippen LogP contribution in [-0.2, 0) is 5.41 Å². The van der Waals surface area contributed by atoms with Gasteiger partial charge in [-0.2, -0.15) is 0 Å². The molecule has 1 unspecified atom stereocenters. The molecule has 1 aromatic carbocycles. The van der Waals surface area contributed by atoms with Gasteiger partial charge >= 0.3 is 0 Å². The second kappa shape index (κ2) is 5.41. The zero-order valence-electron chi connectivity index (χ0n) is 12.5. The van der Waals surface area contributed by atoms with Gasteiger partial charge < -0.3 is 10.4 Å². The molecular weight excluding hydrogens is 222 g/mol. The zero-order valence-corrected chi connectivity index (χ0v) is 12.5. The van der Waals surface area contributed by atoms with E-state index in [9.17, 15) is 5.11 Å². The van der Waals surface area contributed by atoms with Gasteiger partial charge in [-0.1, -0.05) is 45.0 Å². The van der Waals surface area contributed by atoms with Crippen LogP contribution >= 0.6 is 0 Å². The molecule has 1 rings (SSSR count). The van der Waals surface area contributed by atoms with E-state index in [1.165, 1.54) is 5.56 Å². The number of nitrogens with one attached hydrogen (secondary N) is 1. The lowest BCUT2D eigenvalue weighted by Crippen LogP contribution is -2.38. The molecule has 0 spiro atoms. The minimum Gasteiger partial charge on any atom is -0.387 e. The van der Waals surface area contributed by atoms with Crippen molar-refractivity contribution in [1.29, 1.82) is 0 Å². The molecule has 0 bridgehead atoms. The average molecular weight is 249 g/mol. The van der Waals surface area contributed by atoms with Gasteiger partial charge in [-0.25, -0.2) is 0 Å². The molecule has 2 heteroatoms. The first-order valence-electron chi connectivity index (χ1n) is 6.63. The Labute approximate surface area is 111 Å². The minimum absolute atomic E-state index is 0.0341. The Morgan fingerprint density at radius 1 is 1.00 bits per heavy atom. The fourth-order valence-corrected chi connectivity index (χ4v) is 1.73. The minimum atomic E-state index is -0.446. The number of aliphatic hydroxyl groups is 1. The van der Waals surface area contributed by atoms with Crippen molar-refractivity contribution in [2.45, 2.75) is 58.6 Å². The second-order valence-corrected chi connectivity index (χ2v) is 7.02. The van der Waals surface area contributed by atoms with E-state index < -0.39 is 6.10 Å².